The maximum absolute atomic E-state index is 11.9. The first-order valence-corrected chi connectivity index (χ1v) is 7.99. The van der Waals surface area contributed by atoms with Crippen LogP contribution in [0.4, 0.5) is 5.69 Å². The second-order valence-electron chi connectivity index (χ2n) is 5.36. The van der Waals surface area contributed by atoms with Crippen LogP contribution in [0.5, 0.6) is 11.5 Å². The summed E-state index contributed by atoms with van der Waals surface area (Å²) in [5, 5.41) is 0.596. The fraction of sp³-hybridized carbons (Fsp3) is 0.222. The van der Waals surface area contributed by atoms with Crippen LogP contribution in [-0.4, -0.2) is 25.0 Å². The molecule has 1 aliphatic rings. The van der Waals surface area contributed by atoms with Gasteiger partial charge >= 0.3 is 5.97 Å². The van der Waals surface area contributed by atoms with E-state index in [1.165, 1.54) is 0 Å². The highest BCUT2D eigenvalue weighted by Gasteiger charge is 2.22. The molecule has 0 saturated carbocycles. The van der Waals surface area contributed by atoms with E-state index >= 15 is 0 Å². The van der Waals surface area contributed by atoms with Gasteiger partial charge in [-0.15, -0.1) is 0 Å². The topological polar surface area (TPSA) is 55.8 Å². The minimum Gasteiger partial charge on any atom is -0.482 e. The highest BCUT2D eigenvalue weighted by Crippen LogP contribution is 2.25. The summed E-state index contributed by atoms with van der Waals surface area (Å²) in [4.78, 5) is 25.4. The van der Waals surface area contributed by atoms with Gasteiger partial charge in [-0.3, -0.25) is 4.79 Å². The zero-order chi connectivity index (χ0) is 16.9. The van der Waals surface area contributed by atoms with Crippen LogP contribution in [0, 0.1) is 0 Å². The molecule has 1 aliphatic heterocycles. The monoisotopic (exact) mass is 345 g/mol. The number of esters is 1. The van der Waals surface area contributed by atoms with Crippen molar-refractivity contribution in [3.05, 3.63) is 53.6 Å². The second kappa shape index (κ2) is 7.36. The predicted octanol–water partition coefficient (Wildman–Crippen LogP) is 3.45. The van der Waals surface area contributed by atoms with Crippen molar-refractivity contribution in [2.24, 2.45) is 0 Å². The van der Waals surface area contributed by atoms with Crippen molar-refractivity contribution in [3.8, 4) is 11.5 Å². The smallest absolute Gasteiger partial charge is 0.349 e. The van der Waals surface area contributed by atoms with Gasteiger partial charge in [0, 0.05) is 29.7 Å². The Hall–Kier alpha value is -2.53. The molecule has 0 aromatic heterocycles. The lowest BCUT2D eigenvalue weighted by molar-refractivity contribution is -0.136. The summed E-state index contributed by atoms with van der Waals surface area (Å²) in [6, 6.07) is 13.6. The van der Waals surface area contributed by atoms with Crippen LogP contribution in [-0.2, 0) is 9.59 Å². The number of hydrogen-bond donors (Lipinski definition) is 0. The molecule has 0 N–H and O–H groups in total. The van der Waals surface area contributed by atoms with Gasteiger partial charge in [0.05, 0.1) is 0 Å². The number of ether oxygens (including phenoxy) is 2. The quantitative estimate of drug-likeness (QED) is 0.615. The van der Waals surface area contributed by atoms with Crippen LogP contribution in [0.1, 0.15) is 12.8 Å². The molecule has 0 unspecified atom stereocenters. The van der Waals surface area contributed by atoms with Gasteiger partial charge in [-0.05, 0) is 42.8 Å². The molecule has 0 bridgehead atoms. The molecule has 1 fully saturated rings. The zero-order valence-electron chi connectivity index (χ0n) is 12.9. The number of carbonyl (C=O) groups excluding carboxylic acids is 2. The number of halogens is 1. The van der Waals surface area contributed by atoms with E-state index in [4.69, 9.17) is 21.1 Å². The fourth-order valence-corrected chi connectivity index (χ4v) is 2.60. The normalized spacial score (nSPS) is 13.9. The van der Waals surface area contributed by atoms with Crippen molar-refractivity contribution in [1.29, 1.82) is 0 Å². The molecule has 0 spiro atoms. The third-order valence-corrected chi connectivity index (χ3v) is 3.86. The first kappa shape index (κ1) is 16.3. The fourth-order valence-electron chi connectivity index (χ4n) is 2.47. The van der Waals surface area contributed by atoms with Crippen LogP contribution >= 0.6 is 11.6 Å². The third-order valence-electron chi connectivity index (χ3n) is 3.60. The summed E-state index contributed by atoms with van der Waals surface area (Å²) < 4.78 is 10.6. The lowest BCUT2D eigenvalue weighted by Crippen LogP contribution is -2.23. The lowest BCUT2D eigenvalue weighted by Gasteiger charge is -2.16. The van der Waals surface area contributed by atoms with Gasteiger partial charge in [0.25, 0.3) is 0 Å². The Morgan fingerprint density at radius 2 is 1.92 bits per heavy atom. The van der Waals surface area contributed by atoms with Gasteiger partial charge in [-0.2, -0.15) is 0 Å². The summed E-state index contributed by atoms with van der Waals surface area (Å²) in [7, 11) is 0. The summed E-state index contributed by atoms with van der Waals surface area (Å²) >= 11 is 5.79. The van der Waals surface area contributed by atoms with Crippen molar-refractivity contribution in [2.75, 3.05) is 18.1 Å². The maximum Gasteiger partial charge on any atom is 0.349 e. The number of rotatable bonds is 5. The number of anilines is 1. The number of nitrogens with zero attached hydrogens (tertiary/aromatic N) is 1. The molecular formula is C18H16ClNO4. The lowest BCUT2D eigenvalue weighted by atomic mass is 10.3. The summed E-state index contributed by atoms with van der Waals surface area (Å²) in [5.41, 5.74) is 0.737. The van der Waals surface area contributed by atoms with Crippen LogP contribution < -0.4 is 14.4 Å². The average Bonchev–Trinajstić information content (AvgIpc) is 3.01. The summed E-state index contributed by atoms with van der Waals surface area (Å²) in [6.07, 6.45) is 1.40. The SMILES string of the molecule is O=C(COc1ccc(Cl)cc1)Oc1cccc(N2CCCC2=O)c1. The Morgan fingerprint density at radius 3 is 2.62 bits per heavy atom. The van der Waals surface area contributed by atoms with Gasteiger partial charge in [0.15, 0.2) is 6.61 Å². The molecule has 24 heavy (non-hydrogen) atoms. The molecule has 2 aromatic rings. The Bertz CT molecular complexity index is 745. The van der Waals surface area contributed by atoms with Crippen LogP contribution in [0.3, 0.4) is 0 Å². The molecular weight excluding hydrogens is 330 g/mol. The van der Waals surface area contributed by atoms with Crippen molar-refractivity contribution >= 4 is 29.2 Å². The van der Waals surface area contributed by atoms with Crippen LogP contribution in [0.2, 0.25) is 5.02 Å². The highest BCUT2D eigenvalue weighted by atomic mass is 35.5. The van der Waals surface area contributed by atoms with Gasteiger partial charge in [-0.1, -0.05) is 17.7 Å². The Kier molecular flexibility index (Phi) is 5.01. The number of amides is 1. The van der Waals surface area contributed by atoms with E-state index in [0.29, 0.717) is 29.5 Å². The molecule has 1 heterocycles. The zero-order valence-corrected chi connectivity index (χ0v) is 13.7. The number of carbonyl (C=O) groups is 2. The molecule has 1 amide bonds. The van der Waals surface area contributed by atoms with E-state index in [2.05, 4.69) is 0 Å². The molecule has 124 valence electrons. The minimum absolute atomic E-state index is 0.0875. The first-order chi connectivity index (χ1) is 11.6. The Balaban J connectivity index is 1.58. The first-order valence-electron chi connectivity index (χ1n) is 7.61. The number of hydrogen-bond acceptors (Lipinski definition) is 4. The van der Waals surface area contributed by atoms with Gasteiger partial charge in [0.2, 0.25) is 5.91 Å². The third kappa shape index (κ3) is 4.06. The molecule has 6 heteroatoms. The largest absolute Gasteiger partial charge is 0.482 e. The van der Waals surface area contributed by atoms with Crippen LogP contribution in [0.25, 0.3) is 0 Å². The molecule has 0 radical (unpaired) electrons. The van der Waals surface area contributed by atoms with Crippen molar-refractivity contribution in [3.63, 3.8) is 0 Å². The van der Waals surface area contributed by atoms with Crippen molar-refractivity contribution in [1.82, 2.24) is 0 Å². The number of benzene rings is 2. The van der Waals surface area contributed by atoms with E-state index in [-0.39, 0.29) is 12.5 Å². The molecule has 2 aromatic carbocycles. The molecule has 0 aliphatic carbocycles. The molecule has 3 rings (SSSR count). The van der Waals surface area contributed by atoms with Crippen molar-refractivity contribution in [2.45, 2.75) is 12.8 Å². The van der Waals surface area contributed by atoms with Crippen LogP contribution in [0.15, 0.2) is 48.5 Å². The van der Waals surface area contributed by atoms with Gasteiger partial charge < -0.3 is 14.4 Å². The maximum atomic E-state index is 11.9. The predicted molar refractivity (Wildman–Crippen MR) is 90.6 cm³/mol. The van der Waals surface area contributed by atoms with E-state index in [9.17, 15) is 9.59 Å². The molecule has 1 saturated heterocycles. The Labute approximate surface area is 144 Å². The second-order valence-corrected chi connectivity index (χ2v) is 5.80. The average molecular weight is 346 g/mol. The molecule has 0 atom stereocenters. The summed E-state index contributed by atoms with van der Waals surface area (Å²) in [6.45, 7) is 0.477. The Morgan fingerprint density at radius 1 is 1.12 bits per heavy atom. The van der Waals surface area contributed by atoms with E-state index in [0.717, 1.165) is 12.1 Å². The highest BCUT2D eigenvalue weighted by molar-refractivity contribution is 6.30. The van der Waals surface area contributed by atoms with Gasteiger partial charge in [0.1, 0.15) is 11.5 Å². The van der Waals surface area contributed by atoms with E-state index < -0.39 is 5.97 Å². The van der Waals surface area contributed by atoms with Gasteiger partial charge in [-0.25, -0.2) is 4.79 Å². The van der Waals surface area contributed by atoms with Crippen molar-refractivity contribution < 1.29 is 19.1 Å². The van der Waals surface area contributed by atoms with E-state index in [1.54, 1.807) is 47.4 Å². The van der Waals surface area contributed by atoms with E-state index in [1.807, 2.05) is 6.07 Å². The molecule has 5 nitrogen and oxygen atoms in total. The standard InChI is InChI=1S/C18H16ClNO4/c19-13-6-8-15(9-7-13)23-12-18(22)24-16-4-1-3-14(11-16)20-10-2-5-17(20)21/h1,3-4,6-9,11H,2,5,10,12H2. The summed E-state index contributed by atoms with van der Waals surface area (Å²) in [5.74, 6) is 0.490. The minimum atomic E-state index is -0.519.